The summed E-state index contributed by atoms with van der Waals surface area (Å²) in [7, 11) is 1.73. The molecule has 0 amide bonds. The SMILES string of the molecule is COc1ccc([C@H](CC(C)C)N2CCNCC2)c(C)c1. The van der Waals surface area contributed by atoms with Crippen LogP contribution >= 0.6 is 0 Å². The molecule has 1 aromatic carbocycles. The molecule has 3 heteroatoms. The number of piperazine rings is 1. The summed E-state index contributed by atoms with van der Waals surface area (Å²) in [4.78, 5) is 2.63. The van der Waals surface area contributed by atoms with Gasteiger partial charge in [0.05, 0.1) is 7.11 Å². The monoisotopic (exact) mass is 276 g/mol. The minimum absolute atomic E-state index is 0.531. The Kier molecular flexibility index (Phi) is 5.44. The normalized spacial score (nSPS) is 18.2. The number of hydrogen-bond donors (Lipinski definition) is 1. The van der Waals surface area contributed by atoms with Crippen molar-refractivity contribution >= 4 is 0 Å². The molecule has 1 saturated heterocycles. The summed E-state index contributed by atoms with van der Waals surface area (Å²) >= 11 is 0. The molecule has 0 aliphatic carbocycles. The molecule has 0 radical (unpaired) electrons. The maximum absolute atomic E-state index is 5.33. The first-order valence-electron chi connectivity index (χ1n) is 7.71. The fourth-order valence-corrected chi connectivity index (χ4v) is 3.06. The molecular weight excluding hydrogens is 248 g/mol. The molecule has 1 aromatic rings. The van der Waals surface area contributed by atoms with Crippen molar-refractivity contribution in [1.29, 1.82) is 0 Å². The number of nitrogens with one attached hydrogen (secondary N) is 1. The quantitative estimate of drug-likeness (QED) is 0.895. The molecule has 20 heavy (non-hydrogen) atoms. The van der Waals surface area contributed by atoms with Gasteiger partial charge in [-0.3, -0.25) is 4.90 Å². The Labute approximate surface area is 123 Å². The third kappa shape index (κ3) is 3.74. The number of benzene rings is 1. The molecule has 0 aromatic heterocycles. The first-order chi connectivity index (χ1) is 9.61. The number of rotatable bonds is 5. The fourth-order valence-electron chi connectivity index (χ4n) is 3.06. The van der Waals surface area contributed by atoms with Gasteiger partial charge in [0.15, 0.2) is 0 Å². The predicted octanol–water partition coefficient (Wildman–Crippen LogP) is 3.00. The minimum atomic E-state index is 0.531. The number of hydrogen-bond acceptors (Lipinski definition) is 3. The van der Waals surface area contributed by atoms with Crippen molar-refractivity contribution in [2.45, 2.75) is 33.2 Å². The summed E-state index contributed by atoms with van der Waals surface area (Å²) in [5.41, 5.74) is 2.80. The molecule has 1 atom stereocenters. The molecule has 112 valence electrons. The molecule has 3 nitrogen and oxygen atoms in total. The molecular formula is C17H28N2O. The van der Waals surface area contributed by atoms with Crippen LogP contribution in [0.1, 0.15) is 37.4 Å². The number of aryl methyl sites for hydroxylation is 1. The zero-order valence-electron chi connectivity index (χ0n) is 13.3. The van der Waals surface area contributed by atoms with E-state index in [1.54, 1.807) is 7.11 Å². The van der Waals surface area contributed by atoms with Gasteiger partial charge in [-0.15, -0.1) is 0 Å². The van der Waals surface area contributed by atoms with Crippen molar-refractivity contribution in [1.82, 2.24) is 10.2 Å². The standard InChI is InChI=1S/C17H28N2O/c1-13(2)11-17(19-9-7-18-8-10-19)16-6-5-15(20-4)12-14(16)3/h5-6,12-13,17-18H,7-11H2,1-4H3/t17-/m0/s1. The van der Waals surface area contributed by atoms with Crippen LogP contribution in [-0.2, 0) is 0 Å². The Balaban J connectivity index is 2.25. The third-order valence-electron chi connectivity index (χ3n) is 4.12. The second-order valence-electron chi connectivity index (χ2n) is 6.15. The molecule has 1 aliphatic rings. The fraction of sp³-hybridized carbons (Fsp3) is 0.647. The number of nitrogens with zero attached hydrogens (tertiary/aromatic N) is 1. The van der Waals surface area contributed by atoms with Gasteiger partial charge in [0, 0.05) is 32.2 Å². The van der Waals surface area contributed by atoms with E-state index in [1.807, 2.05) is 0 Å². The van der Waals surface area contributed by atoms with Gasteiger partial charge in [0.25, 0.3) is 0 Å². The van der Waals surface area contributed by atoms with E-state index in [0.717, 1.165) is 31.9 Å². The van der Waals surface area contributed by atoms with E-state index in [9.17, 15) is 0 Å². The Morgan fingerprint density at radius 1 is 1.25 bits per heavy atom. The molecule has 2 rings (SSSR count). The largest absolute Gasteiger partial charge is 0.497 e. The van der Waals surface area contributed by atoms with E-state index < -0.39 is 0 Å². The van der Waals surface area contributed by atoms with Crippen LogP contribution in [0.5, 0.6) is 5.75 Å². The topological polar surface area (TPSA) is 24.5 Å². The van der Waals surface area contributed by atoms with Crippen LogP contribution in [0.2, 0.25) is 0 Å². The zero-order valence-corrected chi connectivity index (χ0v) is 13.3. The Morgan fingerprint density at radius 3 is 2.50 bits per heavy atom. The predicted molar refractivity (Wildman–Crippen MR) is 84.4 cm³/mol. The maximum atomic E-state index is 5.33. The Morgan fingerprint density at radius 2 is 1.95 bits per heavy atom. The van der Waals surface area contributed by atoms with Gasteiger partial charge in [-0.1, -0.05) is 19.9 Å². The molecule has 0 spiro atoms. The van der Waals surface area contributed by atoms with Gasteiger partial charge >= 0.3 is 0 Å². The van der Waals surface area contributed by atoms with E-state index in [2.05, 4.69) is 49.2 Å². The second kappa shape index (κ2) is 7.09. The highest BCUT2D eigenvalue weighted by Gasteiger charge is 2.24. The molecule has 1 heterocycles. The molecule has 0 saturated carbocycles. The number of ether oxygens (including phenoxy) is 1. The number of methoxy groups -OCH3 is 1. The maximum Gasteiger partial charge on any atom is 0.119 e. The highest BCUT2D eigenvalue weighted by Crippen LogP contribution is 2.32. The van der Waals surface area contributed by atoms with Crippen LogP contribution in [0.15, 0.2) is 18.2 Å². The lowest BCUT2D eigenvalue weighted by Crippen LogP contribution is -2.45. The van der Waals surface area contributed by atoms with Crippen LogP contribution in [0, 0.1) is 12.8 Å². The van der Waals surface area contributed by atoms with Gasteiger partial charge in [-0.25, -0.2) is 0 Å². The summed E-state index contributed by atoms with van der Waals surface area (Å²) in [6, 6.07) is 7.04. The first kappa shape index (κ1) is 15.3. The van der Waals surface area contributed by atoms with Crippen LogP contribution in [-0.4, -0.2) is 38.2 Å². The van der Waals surface area contributed by atoms with Crippen molar-refractivity contribution in [3.8, 4) is 5.75 Å². The summed E-state index contributed by atoms with van der Waals surface area (Å²) < 4.78 is 5.33. The van der Waals surface area contributed by atoms with E-state index in [-0.39, 0.29) is 0 Å². The van der Waals surface area contributed by atoms with Crippen LogP contribution in [0.4, 0.5) is 0 Å². The van der Waals surface area contributed by atoms with Gasteiger partial charge in [0.1, 0.15) is 5.75 Å². The zero-order chi connectivity index (χ0) is 14.5. The van der Waals surface area contributed by atoms with Gasteiger partial charge in [-0.2, -0.15) is 0 Å². The lowest BCUT2D eigenvalue weighted by molar-refractivity contribution is 0.153. The molecule has 0 bridgehead atoms. The van der Waals surface area contributed by atoms with Gasteiger partial charge < -0.3 is 10.1 Å². The first-order valence-corrected chi connectivity index (χ1v) is 7.71. The minimum Gasteiger partial charge on any atom is -0.497 e. The van der Waals surface area contributed by atoms with E-state index in [1.165, 1.54) is 17.5 Å². The molecule has 1 aliphatic heterocycles. The highest BCUT2D eigenvalue weighted by molar-refractivity contribution is 5.36. The van der Waals surface area contributed by atoms with Crippen LogP contribution < -0.4 is 10.1 Å². The van der Waals surface area contributed by atoms with Gasteiger partial charge in [0.2, 0.25) is 0 Å². The van der Waals surface area contributed by atoms with Crippen molar-refractivity contribution < 1.29 is 4.74 Å². The summed E-state index contributed by atoms with van der Waals surface area (Å²) in [5.74, 6) is 1.66. The second-order valence-corrected chi connectivity index (χ2v) is 6.15. The van der Waals surface area contributed by atoms with Gasteiger partial charge in [-0.05, 0) is 42.5 Å². The van der Waals surface area contributed by atoms with Crippen molar-refractivity contribution in [2.75, 3.05) is 33.3 Å². The van der Waals surface area contributed by atoms with E-state index >= 15 is 0 Å². The Hall–Kier alpha value is -1.06. The third-order valence-corrected chi connectivity index (χ3v) is 4.12. The van der Waals surface area contributed by atoms with E-state index in [4.69, 9.17) is 4.74 Å². The summed E-state index contributed by atoms with van der Waals surface area (Å²) in [6.45, 7) is 11.3. The van der Waals surface area contributed by atoms with Crippen molar-refractivity contribution in [3.05, 3.63) is 29.3 Å². The summed E-state index contributed by atoms with van der Waals surface area (Å²) in [5, 5.41) is 3.45. The van der Waals surface area contributed by atoms with Crippen molar-refractivity contribution in [2.24, 2.45) is 5.92 Å². The highest BCUT2D eigenvalue weighted by atomic mass is 16.5. The lowest BCUT2D eigenvalue weighted by Gasteiger charge is -2.37. The average molecular weight is 276 g/mol. The van der Waals surface area contributed by atoms with Crippen molar-refractivity contribution in [3.63, 3.8) is 0 Å². The molecule has 1 N–H and O–H groups in total. The molecule has 1 fully saturated rings. The van der Waals surface area contributed by atoms with Crippen LogP contribution in [0.3, 0.4) is 0 Å². The smallest absolute Gasteiger partial charge is 0.119 e. The van der Waals surface area contributed by atoms with Crippen LogP contribution in [0.25, 0.3) is 0 Å². The molecule has 0 unspecified atom stereocenters. The Bertz CT molecular complexity index is 425. The van der Waals surface area contributed by atoms with E-state index in [0.29, 0.717) is 12.0 Å². The summed E-state index contributed by atoms with van der Waals surface area (Å²) in [6.07, 6.45) is 1.22. The average Bonchev–Trinajstić information content (AvgIpc) is 2.45. The lowest BCUT2D eigenvalue weighted by atomic mass is 9.92.